The van der Waals surface area contributed by atoms with E-state index >= 15 is 0 Å². The Labute approximate surface area is 199 Å². The lowest BCUT2D eigenvalue weighted by atomic mass is 10.0. The lowest BCUT2D eigenvalue weighted by molar-refractivity contribution is 0.0981. The molecule has 3 N–H and O–H groups in total. The Kier molecular flexibility index (Phi) is 7.39. The molecule has 0 bridgehead atoms. The quantitative estimate of drug-likeness (QED) is 0.493. The summed E-state index contributed by atoms with van der Waals surface area (Å²) in [6.07, 6.45) is 2.61. The molecular weight excluding hydrogens is 463 g/mol. The average molecular weight is 497 g/mol. The summed E-state index contributed by atoms with van der Waals surface area (Å²) in [5.41, 5.74) is 0.253. The number of rotatable bonds is 7. The smallest absolute Gasteiger partial charge is 0.407 e. The Morgan fingerprint density at radius 3 is 2.56 bits per heavy atom. The summed E-state index contributed by atoms with van der Waals surface area (Å²) in [7, 11) is -3.62. The van der Waals surface area contributed by atoms with Gasteiger partial charge in [-0.3, -0.25) is 4.72 Å². The number of alkyl carbamates (subject to hydrolysis) is 1. The van der Waals surface area contributed by atoms with Crippen LogP contribution in [0.2, 0.25) is 0 Å². The first-order valence-corrected chi connectivity index (χ1v) is 13.1. The molecule has 1 fully saturated rings. The van der Waals surface area contributed by atoms with Crippen molar-refractivity contribution >= 4 is 33.4 Å². The van der Waals surface area contributed by atoms with Gasteiger partial charge in [-0.15, -0.1) is 0 Å². The summed E-state index contributed by atoms with van der Waals surface area (Å²) < 4.78 is 46.5. The van der Waals surface area contributed by atoms with E-state index in [1.165, 1.54) is 12.1 Å². The van der Waals surface area contributed by atoms with Gasteiger partial charge in [-0.25, -0.2) is 22.9 Å². The van der Waals surface area contributed by atoms with Crippen LogP contribution in [0.4, 0.5) is 26.5 Å². The number of carbonyl (C=O) groups is 1. The molecule has 2 heterocycles. The van der Waals surface area contributed by atoms with Crippen molar-refractivity contribution in [2.24, 2.45) is 0 Å². The molecule has 3 rings (SSSR count). The minimum absolute atomic E-state index is 0.00971. The average Bonchev–Trinajstić information content (AvgIpc) is 3.29. The normalized spacial score (nSPS) is 18.7. The zero-order valence-corrected chi connectivity index (χ0v) is 21.2. The Hall–Kier alpha value is -2.89. The van der Waals surface area contributed by atoms with Crippen LogP contribution in [0.15, 0.2) is 18.2 Å². The van der Waals surface area contributed by atoms with Crippen LogP contribution < -0.4 is 15.4 Å². The van der Waals surface area contributed by atoms with Crippen molar-refractivity contribution in [2.75, 3.05) is 16.3 Å². The van der Waals surface area contributed by atoms with Gasteiger partial charge in [0.25, 0.3) is 0 Å². The number of halogens is 1. The van der Waals surface area contributed by atoms with Crippen molar-refractivity contribution in [3.8, 4) is 0 Å². The standard InChI is InChI=1S/C22H33FN6O4S/c1-13(2)24-21(30)33-15-8-7-14(11-15)17-12-19(29(27-17)22(3,4)5)25-18-10-9-16(20(23)26-18)28-34(6,31)32/h9-10,12-15,28H,7-8,11H2,1-6H3,(H,24,30)(H,25,26)/t14-,15+/m0/s1. The molecule has 1 aliphatic rings. The van der Waals surface area contributed by atoms with E-state index in [1.807, 2.05) is 45.4 Å². The molecule has 1 saturated carbocycles. The number of hydrogen-bond acceptors (Lipinski definition) is 7. The van der Waals surface area contributed by atoms with Gasteiger partial charge in [-0.2, -0.15) is 9.49 Å². The third kappa shape index (κ3) is 6.81. The van der Waals surface area contributed by atoms with Crippen LogP contribution in [0.5, 0.6) is 0 Å². The summed E-state index contributed by atoms with van der Waals surface area (Å²) >= 11 is 0. The predicted octanol–water partition coefficient (Wildman–Crippen LogP) is 4.06. The zero-order chi connectivity index (χ0) is 25.3. The highest BCUT2D eigenvalue weighted by molar-refractivity contribution is 7.92. The fraction of sp³-hybridized carbons (Fsp3) is 0.591. The Bertz CT molecular complexity index is 1140. The number of ether oxygens (including phenoxy) is 1. The van der Waals surface area contributed by atoms with E-state index in [0.717, 1.165) is 24.8 Å². The monoisotopic (exact) mass is 496 g/mol. The second kappa shape index (κ2) is 9.77. The minimum atomic E-state index is -3.62. The van der Waals surface area contributed by atoms with Gasteiger partial charge in [0.2, 0.25) is 16.0 Å². The number of nitrogens with one attached hydrogen (secondary N) is 3. The van der Waals surface area contributed by atoms with Gasteiger partial charge < -0.3 is 15.4 Å². The van der Waals surface area contributed by atoms with Crippen molar-refractivity contribution in [1.29, 1.82) is 0 Å². The zero-order valence-electron chi connectivity index (χ0n) is 20.3. The highest BCUT2D eigenvalue weighted by Gasteiger charge is 2.32. The third-order valence-corrected chi connectivity index (χ3v) is 5.84. The maximum Gasteiger partial charge on any atom is 0.407 e. The SMILES string of the molecule is CC(C)NC(=O)O[C@@H]1CC[C@H](c2cc(Nc3ccc(NS(C)(=O)=O)c(F)n3)n(C(C)(C)C)n2)C1. The fourth-order valence-electron chi connectivity index (χ4n) is 3.85. The molecule has 12 heteroatoms. The highest BCUT2D eigenvalue weighted by Crippen LogP contribution is 2.38. The van der Waals surface area contributed by atoms with Gasteiger partial charge in [0.15, 0.2) is 0 Å². The second-order valence-corrected chi connectivity index (χ2v) is 11.7. The molecule has 0 aliphatic heterocycles. The lowest BCUT2D eigenvalue weighted by Gasteiger charge is -2.22. The van der Waals surface area contributed by atoms with Crippen LogP contribution in [0.1, 0.15) is 65.5 Å². The molecule has 1 amide bonds. The first-order chi connectivity index (χ1) is 15.7. The van der Waals surface area contributed by atoms with Gasteiger partial charge >= 0.3 is 6.09 Å². The van der Waals surface area contributed by atoms with Crippen molar-refractivity contribution in [3.63, 3.8) is 0 Å². The topological polar surface area (TPSA) is 127 Å². The van der Waals surface area contributed by atoms with Gasteiger partial charge in [-0.1, -0.05) is 0 Å². The molecule has 0 aromatic carbocycles. The summed E-state index contributed by atoms with van der Waals surface area (Å²) in [6, 6.07) is 4.71. The number of carbonyl (C=O) groups excluding carboxylic acids is 1. The van der Waals surface area contributed by atoms with Crippen molar-refractivity contribution in [1.82, 2.24) is 20.1 Å². The number of aromatic nitrogens is 3. The number of pyridine rings is 1. The Morgan fingerprint density at radius 1 is 1.26 bits per heavy atom. The molecule has 34 heavy (non-hydrogen) atoms. The molecular formula is C22H33FN6O4S. The molecule has 1 aliphatic carbocycles. The predicted molar refractivity (Wildman–Crippen MR) is 128 cm³/mol. The van der Waals surface area contributed by atoms with E-state index in [-0.39, 0.29) is 35.1 Å². The first-order valence-electron chi connectivity index (χ1n) is 11.2. The van der Waals surface area contributed by atoms with Crippen molar-refractivity contribution in [2.45, 2.75) is 77.5 Å². The van der Waals surface area contributed by atoms with Gasteiger partial charge in [-0.05, 0) is 66.0 Å². The van der Waals surface area contributed by atoms with Crippen LogP contribution >= 0.6 is 0 Å². The molecule has 188 valence electrons. The molecule has 2 atom stereocenters. The van der Waals surface area contributed by atoms with E-state index < -0.39 is 22.1 Å². The lowest BCUT2D eigenvalue weighted by Crippen LogP contribution is -2.33. The Balaban J connectivity index is 1.77. The first kappa shape index (κ1) is 25.7. The molecule has 10 nitrogen and oxygen atoms in total. The maximum atomic E-state index is 14.3. The van der Waals surface area contributed by atoms with Gasteiger partial charge in [0, 0.05) is 18.0 Å². The van der Waals surface area contributed by atoms with Gasteiger partial charge in [0.05, 0.1) is 17.5 Å². The Morgan fingerprint density at radius 2 is 1.97 bits per heavy atom. The molecule has 0 saturated heterocycles. The van der Waals surface area contributed by atoms with Crippen LogP contribution in [0, 0.1) is 5.95 Å². The third-order valence-electron chi connectivity index (χ3n) is 5.25. The van der Waals surface area contributed by atoms with Gasteiger partial charge in [0.1, 0.15) is 23.4 Å². The highest BCUT2D eigenvalue weighted by atomic mass is 32.2. The molecule has 0 spiro atoms. The van der Waals surface area contributed by atoms with E-state index in [1.54, 1.807) is 0 Å². The number of sulfonamides is 1. The molecule has 2 aromatic heterocycles. The number of hydrogen-bond donors (Lipinski definition) is 3. The minimum Gasteiger partial charge on any atom is -0.446 e. The number of nitrogens with zero attached hydrogens (tertiary/aromatic N) is 3. The fourth-order valence-corrected chi connectivity index (χ4v) is 4.40. The van der Waals surface area contributed by atoms with Crippen LogP contribution in [-0.2, 0) is 20.3 Å². The van der Waals surface area contributed by atoms with E-state index in [9.17, 15) is 17.6 Å². The van der Waals surface area contributed by atoms with Crippen LogP contribution in [0.3, 0.4) is 0 Å². The van der Waals surface area contributed by atoms with Crippen LogP contribution in [0.25, 0.3) is 0 Å². The largest absolute Gasteiger partial charge is 0.446 e. The van der Waals surface area contributed by atoms with Crippen LogP contribution in [-0.4, -0.2) is 47.7 Å². The maximum absolute atomic E-state index is 14.3. The number of anilines is 3. The summed E-state index contributed by atoms with van der Waals surface area (Å²) in [5.74, 6) is 0.0200. The summed E-state index contributed by atoms with van der Waals surface area (Å²) in [4.78, 5) is 15.8. The van der Waals surface area contributed by atoms with E-state index in [0.29, 0.717) is 12.2 Å². The molecule has 2 aromatic rings. The van der Waals surface area contributed by atoms with Crippen molar-refractivity contribution in [3.05, 3.63) is 29.8 Å². The van der Waals surface area contributed by atoms with E-state index in [2.05, 4.69) is 20.3 Å². The molecule has 0 radical (unpaired) electrons. The van der Waals surface area contributed by atoms with E-state index in [4.69, 9.17) is 9.84 Å². The molecule has 0 unspecified atom stereocenters. The summed E-state index contributed by atoms with van der Waals surface area (Å²) in [6.45, 7) is 9.75. The second-order valence-electron chi connectivity index (χ2n) is 9.91. The summed E-state index contributed by atoms with van der Waals surface area (Å²) in [5, 5.41) is 10.6. The van der Waals surface area contributed by atoms with Crippen molar-refractivity contribution < 1.29 is 22.3 Å². The number of amides is 1.